The maximum absolute atomic E-state index is 12.5. The van der Waals surface area contributed by atoms with Crippen molar-refractivity contribution in [1.82, 2.24) is 19.5 Å². The average molecular weight is 464 g/mol. The van der Waals surface area contributed by atoms with Crippen LogP contribution in [0.1, 0.15) is 10.4 Å². The van der Waals surface area contributed by atoms with Crippen LogP contribution >= 0.6 is 11.8 Å². The van der Waals surface area contributed by atoms with E-state index in [9.17, 15) is 9.59 Å². The fraction of sp³-hybridized carbons (Fsp3) is 0.130. The van der Waals surface area contributed by atoms with Crippen LogP contribution in [-0.2, 0) is 9.53 Å². The SMILES string of the molecule is COC(=O)c1ccc(NC(=O)CSc2nnc(-c3ccc(OC)cc3)n2-n2cccc2)cc1. The van der Waals surface area contributed by atoms with Gasteiger partial charge in [0.15, 0.2) is 5.82 Å². The summed E-state index contributed by atoms with van der Waals surface area (Å²) in [6.07, 6.45) is 3.76. The van der Waals surface area contributed by atoms with Gasteiger partial charge in [-0.25, -0.2) is 9.47 Å². The van der Waals surface area contributed by atoms with Crippen molar-refractivity contribution >= 4 is 29.3 Å². The Morgan fingerprint density at radius 3 is 2.30 bits per heavy atom. The number of methoxy groups -OCH3 is 2. The summed E-state index contributed by atoms with van der Waals surface area (Å²) in [5, 5.41) is 12.0. The van der Waals surface area contributed by atoms with E-state index < -0.39 is 5.97 Å². The molecule has 0 bridgehead atoms. The Morgan fingerprint density at radius 1 is 0.970 bits per heavy atom. The van der Waals surface area contributed by atoms with E-state index in [0.717, 1.165) is 11.3 Å². The van der Waals surface area contributed by atoms with Gasteiger partial charge in [0.25, 0.3) is 0 Å². The molecule has 0 saturated heterocycles. The third kappa shape index (κ3) is 5.07. The molecular formula is C23H21N5O4S. The topological polar surface area (TPSA) is 100 Å². The third-order valence-electron chi connectivity index (χ3n) is 4.70. The maximum atomic E-state index is 12.5. The third-order valence-corrected chi connectivity index (χ3v) is 5.62. The van der Waals surface area contributed by atoms with Gasteiger partial charge in [-0.3, -0.25) is 9.47 Å². The quantitative estimate of drug-likeness (QED) is 0.315. The highest BCUT2D eigenvalue weighted by Gasteiger charge is 2.17. The monoisotopic (exact) mass is 463 g/mol. The van der Waals surface area contributed by atoms with Gasteiger partial charge in [-0.1, -0.05) is 11.8 Å². The minimum atomic E-state index is -0.430. The summed E-state index contributed by atoms with van der Waals surface area (Å²) < 4.78 is 13.6. The first-order valence-corrected chi connectivity index (χ1v) is 10.9. The maximum Gasteiger partial charge on any atom is 0.337 e. The first-order valence-electron chi connectivity index (χ1n) is 9.93. The van der Waals surface area contributed by atoms with Crippen LogP contribution in [0.4, 0.5) is 5.69 Å². The van der Waals surface area contributed by atoms with Crippen molar-refractivity contribution in [3.8, 4) is 17.1 Å². The Morgan fingerprint density at radius 2 is 1.67 bits per heavy atom. The zero-order chi connectivity index (χ0) is 23.2. The lowest BCUT2D eigenvalue weighted by Gasteiger charge is -2.11. The van der Waals surface area contributed by atoms with E-state index in [4.69, 9.17) is 4.74 Å². The highest BCUT2D eigenvalue weighted by Crippen LogP contribution is 2.26. The number of carbonyl (C=O) groups is 2. The van der Waals surface area contributed by atoms with Crippen molar-refractivity contribution in [3.63, 3.8) is 0 Å². The Labute approximate surface area is 194 Å². The first kappa shape index (κ1) is 22.2. The predicted molar refractivity (Wildman–Crippen MR) is 124 cm³/mol. The molecule has 9 nitrogen and oxygen atoms in total. The van der Waals surface area contributed by atoms with Gasteiger partial charge in [0.2, 0.25) is 11.1 Å². The van der Waals surface area contributed by atoms with Crippen LogP contribution in [0.2, 0.25) is 0 Å². The number of carbonyl (C=O) groups excluding carboxylic acids is 2. The molecule has 0 unspecified atom stereocenters. The van der Waals surface area contributed by atoms with E-state index in [0.29, 0.717) is 22.2 Å². The number of anilines is 1. The number of thioether (sulfide) groups is 1. The Hall–Kier alpha value is -4.05. The predicted octanol–water partition coefficient (Wildman–Crippen LogP) is 3.58. The number of benzene rings is 2. The van der Waals surface area contributed by atoms with Crippen LogP contribution in [-0.4, -0.2) is 51.4 Å². The van der Waals surface area contributed by atoms with E-state index in [2.05, 4.69) is 20.3 Å². The number of rotatable bonds is 8. The van der Waals surface area contributed by atoms with E-state index >= 15 is 0 Å². The molecule has 0 spiro atoms. The zero-order valence-electron chi connectivity index (χ0n) is 18.0. The largest absolute Gasteiger partial charge is 0.497 e. The standard InChI is InChI=1S/C23H21N5O4S/c1-31-19-11-7-16(8-12-19)21-25-26-23(28(21)27-13-3-4-14-27)33-15-20(29)24-18-9-5-17(6-10-18)22(30)32-2/h3-14H,15H2,1-2H3,(H,24,29). The van der Waals surface area contributed by atoms with Gasteiger partial charge in [0.05, 0.1) is 25.5 Å². The number of ether oxygens (including phenoxy) is 2. The second-order valence-corrected chi connectivity index (χ2v) is 7.76. The van der Waals surface area contributed by atoms with Gasteiger partial charge < -0.3 is 14.8 Å². The fourth-order valence-corrected chi connectivity index (χ4v) is 3.81. The Kier molecular flexibility index (Phi) is 6.75. The minimum absolute atomic E-state index is 0.126. The fourth-order valence-electron chi connectivity index (χ4n) is 3.08. The lowest BCUT2D eigenvalue weighted by Crippen LogP contribution is -2.16. The van der Waals surface area contributed by atoms with Crippen LogP contribution in [0.3, 0.4) is 0 Å². The van der Waals surface area contributed by atoms with Gasteiger partial charge in [-0.15, -0.1) is 10.2 Å². The molecule has 33 heavy (non-hydrogen) atoms. The highest BCUT2D eigenvalue weighted by molar-refractivity contribution is 7.99. The molecule has 0 radical (unpaired) electrons. The summed E-state index contributed by atoms with van der Waals surface area (Å²) in [5.74, 6) is 0.868. The smallest absolute Gasteiger partial charge is 0.337 e. The van der Waals surface area contributed by atoms with E-state index in [1.807, 2.05) is 58.1 Å². The number of amides is 1. The Balaban J connectivity index is 1.49. The molecule has 0 aliphatic carbocycles. The molecule has 2 heterocycles. The second kappa shape index (κ2) is 10.0. The summed E-state index contributed by atoms with van der Waals surface area (Å²) in [4.78, 5) is 24.0. The molecule has 0 aliphatic rings. The van der Waals surface area contributed by atoms with Crippen molar-refractivity contribution < 1.29 is 19.1 Å². The van der Waals surface area contributed by atoms with Crippen LogP contribution in [0.15, 0.2) is 78.2 Å². The molecule has 0 aliphatic heterocycles. The molecule has 0 fully saturated rings. The van der Waals surface area contributed by atoms with Crippen molar-refractivity contribution in [2.45, 2.75) is 5.16 Å². The van der Waals surface area contributed by atoms with E-state index in [1.165, 1.54) is 18.9 Å². The minimum Gasteiger partial charge on any atom is -0.497 e. The molecule has 2 aromatic heterocycles. The molecule has 0 atom stereocenters. The van der Waals surface area contributed by atoms with Crippen LogP contribution in [0.25, 0.3) is 11.4 Å². The number of aromatic nitrogens is 4. The number of nitrogens with one attached hydrogen (secondary N) is 1. The van der Waals surface area contributed by atoms with Crippen molar-refractivity contribution in [2.75, 3.05) is 25.3 Å². The number of hydrogen-bond acceptors (Lipinski definition) is 7. The molecular weight excluding hydrogens is 442 g/mol. The molecule has 10 heteroatoms. The Bertz CT molecular complexity index is 1240. The number of hydrogen-bond donors (Lipinski definition) is 1. The first-order chi connectivity index (χ1) is 16.1. The van der Waals surface area contributed by atoms with Crippen LogP contribution in [0, 0.1) is 0 Å². The normalized spacial score (nSPS) is 10.6. The molecule has 1 amide bonds. The van der Waals surface area contributed by atoms with Gasteiger partial charge in [0.1, 0.15) is 5.75 Å². The second-order valence-electron chi connectivity index (χ2n) is 6.82. The molecule has 4 rings (SSSR count). The van der Waals surface area contributed by atoms with Gasteiger partial charge in [-0.2, -0.15) is 0 Å². The molecule has 168 valence electrons. The van der Waals surface area contributed by atoms with Crippen molar-refractivity contribution in [3.05, 3.63) is 78.6 Å². The van der Waals surface area contributed by atoms with E-state index in [1.54, 1.807) is 31.4 Å². The molecule has 2 aromatic carbocycles. The van der Waals surface area contributed by atoms with Gasteiger partial charge >= 0.3 is 5.97 Å². The number of esters is 1. The average Bonchev–Trinajstić information content (AvgIpc) is 3.52. The van der Waals surface area contributed by atoms with Gasteiger partial charge in [-0.05, 0) is 60.7 Å². The lowest BCUT2D eigenvalue weighted by molar-refractivity contribution is -0.113. The number of nitrogens with zero attached hydrogens (tertiary/aromatic N) is 4. The summed E-state index contributed by atoms with van der Waals surface area (Å²) in [6.45, 7) is 0. The van der Waals surface area contributed by atoms with Crippen molar-refractivity contribution in [1.29, 1.82) is 0 Å². The van der Waals surface area contributed by atoms with Gasteiger partial charge in [0, 0.05) is 23.6 Å². The molecule has 0 saturated carbocycles. The van der Waals surface area contributed by atoms with Crippen LogP contribution in [0.5, 0.6) is 5.75 Å². The summed E-state index contributed by atoms with van der Waals surface area (Å²) >= 11 is 1.27. The highest BCUT2D eigenvalue weighted by atomic mass is 32.2. The summed E-state index contributed by atoms with van der Waals surface area (Å²) in [5.41, 5.74) is 1.86. The zero-order valence-corrected chi connectivity index (χ0v) is 18.8. The summed E-state index contributed by atoms with van der Waals surface area (Å²) in [7, 11) is 2.94. The van der Waals surface area contributed by atoms with Crippen LogP contribution < -0.4 is 10.1 Å². The van der Waals surface area contributed by atoms with E-state index in [-0.39, 0.29) is 11.7 Å². The molecule has 1 N–H and O–H groups in total. The lowest BCUT2D eigenvalue weighted by atomic mass is 10.2. The summed E-state index contributed by atoms with van der Waals surface area (Å²) in [6, 6.07) is 17.8. The molecule has 4 aromatic rings. The van der Waals surface area contributed by atoms with Crippen molar-refractivity contribution in [2.24, 2.45) is 0 Å².